The van der Waals surface area contributed by atoms with Crippen molar-refractivity contribution in [3.63, 3.8) is 0 Å². The summed E-state index contributed by atoms with van der Waals surface area (Å²) in [5.41, 5.74) is 4.09. The summed E-state index contributed by atoms with van der Waals surface area (Å²) in [6, 6.07) is 9.92. The first kappa shape index (κ1) is 17.9. The molecule has 0 aliphatic carbocycles. The smallest absolute Gasteiger partial charge is 0.311 e. The van der Waals surface area contributed by atoms with Gasteiger partial charge in [0.25, 0.3) is 5.69 Å². The second-order valence-electron chi connectivity index (χ2n) is 5.22. The van der Waals surface area contributed by atoms with Crippen LogP contribution in [0.3, 0.4) is 0 Å². The van der Waals surface area contributed by atoms with Crippen LogP contribution in [0.2, 0.25) is 0 Å². The number of benzene rings is 2. The van der Waals surface area contributed by atoms with E-state index in [0.29, 0.717) is 16.4 Å². The average molecular weight is 385 g/mol. The summed E-state index contributed by atoms with van der Waals surface area (Å²) >= 11 is 1.28. The Bertz CT molecular complexity index is 1030. The van der Waals surface area contributed by atoms with E-state index in [1.54, 1.807) is 17.5 Å². The Labute approximate surface area is 155 Å². The van der Waals surface area contributed by atoms with Crippen LogP contribution in [0.5, 0.6) is 5.75 Å². The summed E-state index contributed by atoms with van der Waals surface area (Å²) in [5, 5.41) is 37.1. The number of hydrogen-bond acceptors (Lipinski definition) is 9. The predicted molar refractivity (Wildman–Crippen MR) is 100 cm³/mol. The number of anilines is 1. The number of nitrogens with zero attached hydrogens (tertiary/aromatic N) is 4. The van der Waals surface area contributed by atoms with E-state index < -0.39 is 21.3 Å². The van der Waals surface area contributed by atoms with Crippen LogP contribution in [0, 0.1) is 20.2 Å². The Morgan fingerprint density at radius 3 is 2.52 bits per heavy atom. The van der Waals surface area contributed by atoms with Crippen molar-refractivity contribution in [3.8, 4) is 17.0 Å². The van der Waals surface area contributed by atoms with Crippen molar-refractivity contribution < 1.29 is 15.0 Å². The van der Waals surface area contributed by atoms with Crippen LogP contribution in [-0.2, 0) is 0 Å². The van der Waals surface area contributed by atoms with Crippen LogP contribution in [0.15, 0.2) is 52.9 Å². The first-order chi connectivity index (χ1) is 12.9. The number of phenolic OH excluding ortho intramolecular Hbond substituents is 1. The first-order valence-corrected chi connectivity index (χ1v) is 8.29. The molecule has 0 bridgehead atoms. The molecule has 27 heavy (non-hydrogen) atoms. The molecule has 0 unspecified atom stereocenters. The van der Waals surface area contributed by atoms with Gasteiger partial charge in [-0.3, -0.25) is 25.7 Å². The summed E-state index contributed by atoms with van der Waals surface area (Å²) in [6.45, 7) is 0. The number of rotatable bonds is 6. The monoisotopic (exact) mass is 385 g/mol. The largest absolute Gasteiger partial charge is 0.502 e. The SMILES string of the molecule is O=[N+]([O-])c1ccc(-c2csc(N/N=C/c3ccc(O)c([N+](=O)[O-])c3)n2)cc1. The molecule has 2 N–H and O–H groups in total. The molecular formula is C16H11N5O5S. The maximum absolute atomic E-state index is 10.8. The highest BCUT2D eigenvalue weighted by Crippen LogP contribution is 2.27. The van der Waals surface area contributed by atoms with E-state index in [0.717, 1.165) is 5.56 Å². The minimum absolute atomic E-state index is 0.0000747. The van der Waals surface area contributed by atoms with Crippen molar-refractivity contribution in [1.82, 2.24) is 4.98 Å². The maximum Gasteiger partial charge on any atom is 0.311 e. The molecule has 0 saturated carbocycles. The van der Waals surface area contributed by atoms with Crippen molar-refractivity contribution in [2.75, 3.05) is 5.43 Å². The zero-order valence-electron chi connectivity index (χ0n) is 13.5. The van der Waals surface area contributed by atoms with Gasteiger partial charge in [-0.1, -0.05) is 0 Å². The van der Waals surface area contributed by atoms with Gasteiger partial charge in [-0.25, -0.2) is 4.98 Å². The molecule has 1 heterocycles. The lowest BCUT2D eigenvalue weighted by atomic mass is 10.1. The molecule has 3 rings (SSSR count). The summed E-state index contributed by atoms with van der Waals surface area (Å²) in [6.07, 6.45) is 1.36. The van der Waals surface area contributed by atoms with E-state index in [1.807, 2.05) is 0 Å². The van der Waals surface area contributed by atoms with Gasteiger partial charge in [0, 0.05) is 34.7 Å². The lowest BCUT2D eigenvalue weighted by molar-refractivity contribution is -0.385. The van der Waals surface area contributed by atoms with E-state index in [-0.39, 0.29) is 5.69 Å². The topological polar surface area (TPSA) is 144 Å². The molecule has 11 heteroatoms. The van der Waals surface area contributed by atoms with Gasteiger partial charge in [0.2, 0.25) is 5.13 Å². The number of nitro benzene ring substituents is 2. The number of aromatic nitrogens is 1. The van der Waals surface area contributed by atoms with E-state index in [2.05, 4.69) is 15.5 Å². The molecule has 0 atom stereocenters. The molecule has 3 aromatic rings. The van der Waals surface area contributed by atoms with Gasteiger partial charge in [-0.05, 0) is 24.3 Å². The van der Waals surface area contributed by atoms with Crippen LogP contribution in [0.4, 0.5) is 16.5 Å². The number of nitro groups is 2. The normalized spacial score (nSPS) is 10.8. The average Bonchev–Trinajstić information content (AvgIpc) is 3.12. The molecule has 0 fully saturated rings. The summed E-state index contributed by atoms with van der Waals surface area (Å²) in [7, 11) is 0. The van der Waals surface area contributed by atoms with Gasteiger partial charge in [0.05, 0.1) is 21.8 Å². The number of hydrazone groups is 1. The zero-order chi connectivity index (χ0) is 19.4. The van der Waals surface area contributed by atoms with Crippen molar-refractivity contribution in [3.05, 3.63) is 73.6 Å². The molecule has 0 aliphatic heterocycles. The Hall–Kier alpha value is -3.86. The summed E-state index contributed by atoms with van der Waals surface area (Å²) < 4.78 is 0. The Kier molecular flexibility index (Phi) is 5.04. The summed E-state index contributed by atoms with van der Waals surface area (Å²) in [5.74, 6) is -0.419. The van der Waals surface area contributed by atoms with Gasteiger partial charge in [0.15, 0.2) is 5.75 Å². The highest BCUT2D eigenvalue weighted by molar-refractivity contribution is 7.14. The molecule has 0 saturated heterocycles. The van der Waals surface area contributed by atoms with Gasteiger partial charge in [-0.15, -0.1) is 11.3 Å². The molecule has 0 radical (unpaired) electrons. The number of thiazole rings is 1. The molecule has 0 amide bonds. The van der Waals surface area contributed by atoms with Gasteiger partial charge in [0.1, 0.15) is 0 Å². The molecule has 1 aromatic heterocycles. The molecule has 2 aromatic carbocycles. The Morgan fingerprint density at radius 2 is 1.85 bits per heavy atom. The minimum atomic E-state index is -0.683. The third-order valence-corrected chi connectivity index (χ3v) is 4.19. The number of non-ortho nitro benzene ring substituents is 1. The van der Waals surface area contributed by atoms with E-state index in [1.165, 1.54) is 47.9 Å². The maximum atomic E-state index is 10.8. The van der Waals surface area contributed by atoms with Crippen molar-refractivity contribution >= 4 is 34.1 Å². The fraction of sp³-hybridized carbons (Fsp3) is 0. The quantitative estimate of drug-likeness (QED) is 0.373. The van der Waals surface area contributed by atoms with E-state index >= 15 is 0 Å². The van der Waals surface area contributed by atoms with Crippen molar-refractivity contribution in [1.29, 1.82) is 0 Å². The second kappa shape index (κ2) is 7.58. The van der Waals surface area contributed by atoms with Crippen LogP contribution in [0.25, 0.3) is 11.3 Å². The van der Waals surface area contributed by atoms with Gasteiger partial charge >= 0.3 is 5.69 Å². The molecule has 0 spiro atoms. The van der Waals surface area contributed by atoms with Gasteiger partial charge < -0.3 is 5.11 Å². The third kappa shape index (κ3) is 4.22. The van der Waals surface area contributed by atoms with Crippen LogP contribution >= 0.6 is 11.3 Å². The van der Waals surface area contributed by atoms with E-state index in [4.69, 9.17) is 0 Å². The zero-order valence-corrected chi connectivity index (χ0v) is 14.3. The number of hydrogen-bond donors (Lipinski definition) is 2. The summed E-state index contributed by atoms with van der Waals surface area (Å²) in [4.78, 5) is 24.7. The number of aromatic hydroxyl groups is 1. The molecule has 10 nitrogen and oxygen atoms in total. The van der Waals surface area contributed by atoms with Crippen molar-refractivity contribution in [2.24, 2.45) is 5.10 Å². The molecule has 0 aliphatic rings. The standard InChI is InChI=1S/C16H11N5O5S/c22-15-6-1-10(7-14(15)21(25)26)8-17-19-16-18-13(9-27-16)11-2-4-12(5-3-11)20(23)24/h1-9,22H,(H,18,19)/b17-8+. The van der Waals surface area contributed by atoms with Crippen LogP contribution < -0.4 is 5.43 Å². The second-order valence-corrected chi connectivity index (χ2v) is 6.08. The highest BCUT2D eigenvalue weighted by Gasteiger charge is 2.12. The lowest BCUT2D eigenvalue weighted by Crippen LogP contribution is -1.93. The Morgan fingerprint density at radius 1 is 1.11 bits per heavy atom. The lowest BCUT2D eigenvalue weighted by Gasteiger charge is -1.98. The minimum Gasteiger partial charge on any atom is -0.502 e. The third-order valence-electron chi connectivity index (χ3n) is 3.45. The van der Waals surface area contributed by atoms with Gasteiger partial charge in [-0.2, -0.15) is 5.10 Å². The van der Waals surface area contributed by atoms with E-state index in [9.17, 15) is 25.3 Å². The van der Waals surface area contributed by atoms with Crippen LogP contribution in [0.1, 0.15) is 5.56 Å². The fourth-order valence-electron chi connectivity index (χ4n) is 2.14. The highest BCUT2D eigenvalue weighted by atomic mass is 32.1. The number of phenols is 1. The molecular weight excluding hydrogens is 374 g/mol. The predicted octanol–water partition coefficient (Wildman–Crippen LogP) is 3.78. The Balaban J connectivity index is 1.69. The fourth-order valence-corrected chi connectivity index (χ4v) is 2.81. The van der Waals surface area contributed by atoms with Crippen LogP contribution in [-0.4, -0.2) is 26.2 Å². The number of nitrogens with one attached hydrogen (secondary N) is 1. The van der Waals surface area contributed by atoms with Crippen molar-refractivity contribution in [2.45, 2.75) is 0 Å². The molecule has 136 valence electrons. The first-order valence-electron chi connectivity index (χ1n) is 7.41.